The van der Waals surface area contributed by atoms with Gasteiger partial charge in [0.15, 0.2) is 5.65 Å². The maximum Gasteiger partial charge on any atom is 0.269 e. The van der Waals surface area contributed by atoms with Crippen molar-refractivity contribution >= 4 is 38.3 Å². The van der Waals surface area contributed by atoms with Gasteiger partial charge in [0.1, 0.15) is 6.10 Å². The van der Waals surface area contributed by atoms with Crippen LogP contribution in [0.2, 0.25) is 0 Å². The molecule has 182 valence electrons. The van der Waals surface area contributed by atoms with Crippen molar-refractivity contribution < 1.29 is 18.3 Å². The monoisotopic (exact) mass is 493 g/mol. The van der Waals surface area contributed by atoms with Gasteiger partial charge in [-0.1, -0.05) is 18.2 Å². The number of hydrogen-bond donors (Lipinski definition) is 1. The van der Waals surface area contributed by atoms with E-state index in [0.29, 0.717) is 41.7 Å². The van der Waals surface area contributed by atoms with E-state index in [1.54, 1.807) is 41.3 Å². The van der Waals surface area contributed by atoms with E-state index in [1.807, 2.05) is 7.05 Å². The number of nitrogens with zero attached hydrogens (tertiary/aromatic N) is 5. The van der Waals surface area contributed by atoms with Crippen LogP contribution < -0.4 is 4.90 Å². The highest BCUT2D eigenvalue weighted by molar-refractivity contribution is 7.90. The highest BCUT2D eigenvalue weighted by Gasteiger charge is 2.44. The zero-order valence-corrected chi connectivity index (χ0v) is 20.4. The van der Waals surface area contributed by atoms with E-state index < -0.39 is 16.1 Å². The van der Waals surface area contributed by atoms with Crippen molar-refractivity contribution in [2.24, 2.45) is 11.8 Å². The van der Waals surface area contributed by atoms with E-state index in [4.69, 9.17) is 6.57 Å². The number of aliphatic hydroxyl groups excluding tert-OH is 1. The molecule has 0 spiro atoms. The molecule has 1 N–H and O–H groups in total. The first-order valence-electron chi connectivity index (χ1n) is 11.6. The predicted molar refractivity (Wildman–Crippen MR) is 132 cm³/mol. The minimum Gasteiger partial charge on any atom is -0.384 e. The fourth-order valence-electron chi connectivity index (χ4n) is 5.60. The molecule has 2 aromatic heterocycles. The number of aromatic nitrogens is 2. The SMILES string of the molecule is [C-]#[N+]c1cnc2c(ccn2S(=O)(=O)c2ccccc2)c1N(C)C1C[C@@H]2CN(C(=O)[C@H](C)O)C[C@@H]2C1. The summed E-state index contributed by atoms with van der Waals surface area (Å²) in [6.45, 7) is 10.5. The van der Waals surface area contributed by atoms with E-state index in [2.05, 4.69) is 14.7 Å². The van der Waals surface area contributed by atoms with Crippen molar-refractivity contribution in [2.45, 2.75) is 36.8 Å². The first kappa shape index (κ1) is 23.3. The largest absolute Gasteiger partial charge is 0.384 e. The summed E-state index contributed by atoms with van der Waals surface area (Å²) in [6, 6.07) is 10.1. The van der Waals surface area contributed by atoms with Crippen LogP contribution in [-0.4, -0.2) is 65.6 Å². The number of hydrogen-bond acceptors (Lipinski definition) is 6. The lowest BCUT2D eigenvalue weighted by molar-refractivity contribution is -0.138. The van der Waals surface area contributed by atoms with Crippen LogP contribution in [0.5, 0.6) is 0 Å². The second-order valence-electron chi connectivity index (χ2n) is 9.45. The maximum absolute atomic E-state index is 13.3. The molecule has 2 aliphatic rings. The fourth-order valence-corrected chi connectivity index (χ4v) is 6.92. The molecule has 9 nitrogen and oxygen atoms in total. The number of aliphatic hydroxyl groups is 1. The first-order valence-corrected chi connectivity index (χ1v) is 13.0. The lowest BCUT2D eigenvalue weighted by Crippen LogP contribution is -2.38. The zero-order chi connectivity index (χ0) is 24.9. The lowest BCUT2D eigenvalue weighted by Gasteiger charge is -2.30. The number of fused-ring (bicyclic) bond motifs is 2. The van der Waals surface area contributed by atoms with E-state index in [9.17, 15) is 18.3 Å². The van der Waals surface area contributed by atoms with Crippen LogP contribution in [0.4, 0.5) is 11.4 Å². The molecule has 1 aromatic carbocycles. The Morgan fingerprint density at radius 1 is 1.20 bits per heavy atom. The molecular weight excluding hydrogens is 466 g/mol. The summed E-state index contributed by atoms with van der Waals surface area (Å²) in [7, 11) is -1.90. The van der Waals surface area contributed by atoms with Crippen molar-refractivity contribution in [3.8, 4) is 0 Å². The summed E-state index contributed by atoms with van der Waals surface area (Å²) < 4.78 is 27.7. The van der Waals surface area contributed by atoms with Crippen molar-refractivity contribution in [3.05, 3.63) is 60.2 Å². The number of rotatable bonds is 5. The molecule has 5 rings (SSSR count). The minimum absolute atomic E-state index is 0.147. The normalized spacial score (nSPS) is 22.7. The average Bonchev–Trinajstić information content (AvgIpc) is 3.56. The highest BCUT2D eigenvalue weighted by Crippen LogP contribution is 2.44. The third kappa shape index (κ3) is 3.85. The second-order valence-corrected chi connectivity index (χ2v) is 11.3. The molecule has 1 aliphatic heterocycles. The molecule has 3 heterocycles. The molecule has 1 aliphatic carbocycles. The van der Waals surface area contributed by atoms with Crippen molar-refractivity contribution in [1.82, 2.24) is 13.9 Å². The van der Waals surface area contributed by atoms with E-state index in [1.165, 1.54) is 23.3 Å². The molecule has 1 saturated heterocycles. The Morgan fingerprint density at radius 3 is 2.46 bits per heavy atom. The molecule has 0 radical (unpaired) electrons. The van der Waals surface area contributed by atoms with Gasteiger partial charge in [0, 0.05) is 44.0 Å². The third-order valence-corrected chi connectivity index (χ3v) is 9.03. The number of amides is 1. The highest BCUT2D eigenvalue weighted by atomic mass is 32.2. The summed E-state index contributed by atoms with van der Waals surface area (Å²) in [4.78, 5) is 24.2. The van der Waals surface area contributed by atoms with Gasteiger partial charge in [0.05, 0.1) is 17.2 Å². The molecule has 1 unspecified atom stereocenters. The standard InChI is InChI=1S/C25H27N5O4S/c1-16(31)25(32)29-14-17-11-19(12-18(17)15-29)28(3)23-21-9-10-30(24(21)27-13-22(23)26-2)35(33,34)20-7-5-4-6-8-20/h4-10,13,16-19,31H,11-12,14-15H2,1,3H3/t16-,17-,18+,19?/m0/s1. The Bertz CT molecular complexity index is 1410. The Morgan fingerprint density at radius 2 is 1.86 bits per heavy atom. The van der Waals surface area contributed by atoms with Gasteiger partial charge in [-0.05, 0) is 49.8 Å². The van der Waals surface area contributed by atoms with E-state index in [-0.39, 0.29) is 22.5 Å². The topological polar surface area (TPSA) is 100 Å². The number of likely N-dealkylation sites (tertiary alicyclic amines) is 1. The molecule has 2 fully saturated rings. The van der Waals surface area contributed by atoms with Crippen LogP contribution in [0.15, 0.2) is 53.7 Å². The van der Waals surface area contributed by atoms with Gasteiger partial charge >= 0.3 is 0 Å². The summed E-state index contributed by atoms with van der Waals surface area (Å²) in [5, 5.41) is 10.3. The van der Waals surface area contributed by atoms with Crippen LogP contribution in [0.1, 0.15) is 19.8 Å². The van der Waals surface area contributed by atoms with Crippen LogP contribution in [-0.2, 0) is 14.8 Å². The number of carbonyl (C=O) groups is 1. The van der Waals surface area contributed by atoms with E-state index >= 15 is 0 Å². The number of benzene rings is 1. The van der Waals surface area contributed by atoms with Crippen LogP contribution in [0, 0.1) is 18.4 Å². The second kappa shape index (κ2) is 8.66. The number of carbonyl (C=O) groups excluding carboxylic acids is 1. The molecular formula is C25H27N5O4S. The lowest BCUT2D eigenvalue weighted by atomic mass is 10.0. The minimum atomic E-state index is -3.84. The van der Waals surface area contributed by atoms with Crippen molar-refractivity contribution in [2.75, 3.05) is 25.0 Å². The van der Waals surface area contributed by atoms with Crippen LogP contribution >= 0.6 is 0 Å². The number of anilines is 1. The zero-order valence-electron chi connectivity index (χ0n) is 19.6. The van der Waals surface area contributed by atoms with Gasteiger partial charge in [0.25, 0.3) is 15.9 Å². The van der Waals surface area contributed by atoms with Crippen molar-refractivity contribution in [1.29, 1.82) is 0 Å². The van der Waals surface area contributed by atoms with Crippen molar-refractivity contribution in [3.63, 3.8) is 0 Å². The van der Waals surface area contributed by atoms with Gasteiger partial charge in [0.2, 0.25) is 5.69 Å². The number of pyridine rings is 1. The maximum atomic E-state index is 13.3. The molecule has 35 heavy (non-hydrogen) atoms. The molecule has 0 bridgehead atoms. The van der Waals surface area contributed by atoms with Gasteiger partial charge in [-0.25, -0.2) is 22.2 Å². The average molecular weight is 494 g/mol. The smallest absolute Gasteiger partial charge is 0.269 e. The van der Waals surface area contributed by atoms with Gasteiger partial charge in [-0.3, -0.25) is 4.79 Å². The first-order chi connectivity index (χ1) is 16.7. The van der Waals surface area contributed by atoms with Crippen LogP contribution in [0.3, 0.4) is 0 Å². The van der Waals surface area contributed by atoms with Gasteiger partial charge < -0.3 is 14.9 Å². The molecule has 1 amide bonds. The molecule has 4 atom stereocenters. The fraction of sp³-hybridized carbons (Fsp3) is 0.400. The van der Waals surface area contributed by atoms with E-state index in [0.717, 1.165) is 12.8 Å². The Hall–Kier alpha value is -3.42. The molecule has 3 aromatic rings. The predicted octanol–water partition coefficient (Wildman–Crippen LogP) is 2.88. The molecule has 1 saturated carbocycles. The molecule has 10 heteroatoms. The quantitative estimate of drug-likeness (QED) is 0.549. The third-order valence-electron chi connectivity index (χ3n) is 7.35. The Labute approximate surface area is 204 Å². The summed E-state index contributed by atoms with van der Waals surface area (Å²) in [5.41, 5.74) is 1.33. The van der Waals surface area contributed by atoms with Crippen LogP contribution in [0.25, 0.3) is 15.9 Å². The summed E-state index contributed by atoms with van der Waals surface area (Å²) in [6.07, 6.45) is 3.66. The summed E-state index contributed by atoms with van der Waals surface area (Å²) in [5.74, 6) is 0.445. The van der Waals surface area contributed by atoms with Gasteiger partial charge in [-0.2, -0.15) is 0 Å². The van der Waals surface area contributed by atoms with Gasteiger partial charge in [-0.15, -0.1) is 0 Å². The Balaban J connectivity index is 1.46. The Kier molecular flexibility index (Phi) is 5.77. The summed E-state index contributed by atoms with van der Waals surface area (Å²) >= 11 is 0.